The Morgan fingerprint density at radius 3 is 2.58 bits per heavy atom. The number of hydrogen-bond donors (Lipinski definition) is 0. The molecular weight excluding hydrogens is 406 g/mol. The summed E-state index contributed by atoms with van der Waals surface area (Å²) in [5, 5.41) is 11.9. The molecule has 6 heteroatoms. The van der Waals surface area contributed by atoms with Crippen molar-refractivity contribution >= 4 is 23.3 Å². The maximum atomic E-state index is 12.7. The molecule has 0 unspecified atom stereocenters. The van der Waals surface area contributed by atoms with Crippen LogP contribution in [0.2, 0.25) is 0 Å². The first-order valence-electron chi connectivity index (χ1n) is 9.78. The van der Waals surface area contributed by atoms with Gasteiger partial charge >= 0.3 is 0 Å². The monoisotopic (exact) mass is 429 g/mol. The summed E-state index contributed by atoms with van der Waals surface area (Å²) >= 11 is 1.60. The fourth-order valence-corrected chi connectivity index (χ4v) is 3.47. The van der Waals surface area contributed by atoms with E-state index >= 15 is 0 Å². The Kier molecular flexibility index (Phi) is 7.74. The number of aryl methyl sites for hydroxylation is 1. The van der Waals surface area contributed by atoms with Gasteiger partial charge < -0.3 is 9.64 Å². The van der Waals surface area contributed by atoms with Crippen molar-refractivity contribution in [2.24, 2.45) is 0 Å². The molecule has 0 aliphatic heterocycles. The normalized spacial score (nSPS) is 10.6. The van der Waals surface area contributed by atoms with E-state index in [1.165, 1.54) is 0 Å². The number of aromatic nitrogens is 1. The fourth-order valence-electron chi connectivity index (χ4n) is 2.87. The predicted octanol–water partition coefficient (Wildman–Crippen LogP) is 5.13. The van der Waals surface area contributed by atoms with E-state index in [2.05, 4.69) is 17.6 Å². The summed E-state index contributed by atoms with van der Waals surface area (Å²) in [4.78, 5) is 18.7. The lowest BCUT2D eigenvalue weighted by molar-refractivity contribution is -0.126. The molecule has 0 spiro atoms. The maximum absolute atomic E-state index is 12.7. The Labute approximate surface area is 186 Å². The predicted molar refractivity (Wildman–Crippen MR) is 123 cm³/mol. The van der Waals surface area contributed by atoms with Crippen molar-refractivity contribution in [3.63, 3.8) is 0 Å². The van der Waals surface area contributed by atoms with Gasteiger partial charge in [0.05, 0.1) is 22.3 Å². The van der Waals surface area contributed by atoms with E-state index in [-0.39, 0.29) is 5.91 Å². The van der Waals surface area contributed by atoms with E-state index in [4.69, 9.17) is 10.00 Å². The maximum Gasteiger partial charge on any atom is 0.247 e. The van der Waals surface area contributed by atoms with Gasteiger partial charge in [-0.3, -0.25) is 4.79 Å². The third-order valence-electron chi connectivity index (χ3n) is 4.47. The minimum Gasteiger partial charge on any atom is -0.487 e. The van der Waals surface area contributed by atoms with Crippen molar-refractivity contribution in [1.82, 2.24) is 9.88 Å². The average Bonchev–Trinajstić information content (AvgIpc) is 3.22. The lowest BCUT2D eigenvalue weighted by Crippen LogP contribution is -2.29. The number of nitrogens with zero attached hydrogens (tertiary/aromatic N) is 3. The van der Waals surface area contributed by atoms with Crippen LogP contribution in [-0.2, 0) is 17.9 Å². The topological polar surface area (TPSA) is 66.2 Å². The van der Waals surface area contributed by atoms with Crippen LogP contribution in [0.5, 0.6) is 5.75 Å². The minimum absolute atomic E-state index is 0.108. The van der Waals surface area contributed by atoms with E-state index in [0.717, 1.165) is 27.6 Å². The van der Waals surface area contributed by atoms with Crippen molar-refractivity contribution in [3.05, 3.63) is 100 Å². The highest BCUT2D eigenvalue weighted by molar-refractivity contribution is 7.09. The van der Waals surface area contributed by atoms with Gasteiger partial charge in [0.1, 0.15) is 12.4 Å². The van der Waals surface area contributed by atoms with Crippen LogP contribution < -0.4 is 4.74 Å². The Morgan fingerprint density at radius 1 is 1.23 bits per heavy atom. The molecule has 2 aromatic carbocycles. The van der Waals surface area contributed by atoms with Crippen LogP contribution in [0.25, 0.3) is 6.08 Å². The van der Waals surface area contributed by atoms with Gasteiger partial charge in [-0.2, -0.15) is 5.26 Å². The standard InChI is InChI=1S/C25H23N3O2S/c1-3-14-28(16-22-6-4-21(15-26)5-7-22)25(29)13-10-20-8-11-24(12-9-20)30-17-23-18-31-19(2)27-23/h3-13,18H,1,14,16-17H2,2H3/b13-10+. The van der Waals surface area contributed by atoms with Gasteiger partial charge in [-0.15, -0.1) is 17.9 Å². The highest BCUT2D eigenvalue weighted by atomic mass is 32.1. The van der Waals surface area contributed by atoms with Crippen LogP contribution in [0.1, 0.15) is 27.4 Å². The number of rotatable bonds is 9. The number of carbonyl (C=O) groups excluding carboxylic acids is 1. The van der Waals surface area contributed by atoms with Gasteiger partial charge in [0.2, 0.25) is 5.91 Å². The van der Waals surface area contributed by atoms with Crippen LogP contribution in [0, 0.1) is 18.3 Å². The molecule has 0 radical (unpaired) electrons. The van der Waals surface area contributed by atoms with E-state index in [1.807, 2.05) is 48.7 Å². The van der Waals surface area contributed by atoms with Gasteiger partial charge in [0.15, 0.2) is 0 Å². The molecule has 0 aliphatic rings. The van der Waals surface area contributed by atoms with Crippen LogP contribution >= 0.6 is 11.3 Å². The molecule has 1 amide bonds. The zero-order chi connectivity index (χ0) is 22.1. The molecule has 0 saturated heterocycles. The van der Waals surface area contributed by atoms with Gasteiger partial charge in [-0.25, -0.2) is 4.98 Å². The molecule has 0 fully saturated rings. The molecule has 1 heterocycles. The molecule has 0 atom stereocenters. The molecule has 0 saturated carbocycles. The molecular formula is C25H23N3O2S. The number of hydrogen-bond acceptors (Lipinski definition) is 5. The van der Waals surface area contributed by atoms with Gasteiger partial charge in [-0.1, -0.05) is 30.3 Å². The van der Waals surface area contributed by atoms with Crippen molar-refractivity contribution in [1.29, 1.82) is 5.26 Å². The summed E-state index contributed by atoms with van der Waals surface area (Å²) < 4.78 is 5.75. The molecule has 3 aromatic rings. The largest absolute Gasteiger partial charge is 0.487 e. The number of nitriles is 1. The average molecular weight is 430 g/mol. The van der Waals surface area contributed by atoms with E-state index in [1.54, 1.807) is 46.6 Å². The summed E-state index contributed by atoms with van der Waals surface area (Å²) in [6.45, 7) is 7.03. The molecule has 5 nitrogen and oxygen atoms in total. The van der Waals surface area contributed by atoms with E-state index < -0.39 is 0 Å². The summed E-state index contributed by atoms with van der Waals surface area (Å²) in [7, 11) is 0. The van der Waals surface area contributed by atoms with Gasteiger partial charge in [-0.05, 0) is 48.4 Å². The number of amides is 1. The van der Waals surface area contributed by atoms with Crippen molar-refractivity contribution in [3.8, 4) is 11.8 Å². The molecule has 156 valence electrons. The summed E-state index contributed by atoms with van der Waals surface area (Å²) in [5.41, 5.74) is 3.38. The Bertz CT molecular complexity index is 1090. The number of ether oxygens (including phenoxy) is 1. The number of benzene rings is 2. The highest BCUT2D eigenvalue weighted by Gasteiger charge is 2.10. The first-order chi connectivity index (χ1) is 15.1. The lowest BCUT2D eigenvalue weighted by Gasteiger charge is -2.19. The van der Waals surface area contributed by atoms with Crippen molar-refractivity contribution in [2.45, 2.75) is 20.1 Å². The van der Waals surface area contributed by atoms with Crippen LogP contribution in [0.15, 0.2) is 72.6 Å². The Hall–Kier alpha value is -3.69. The van der Waals surface area contributed by atoms with Crippen LogP contribution in [0.3, 0.4) is 0 Å². The first kappa shape index (κ1) is 22.0. The second-order valence-electron chi connectivity index (χ2n) is 6.87. The summed E-state index contributed by atoms with van der Waals surface area (Å²) in [6.07, 6.45) is 5.04. The zero-order valence-corrected chi connectivity index (χ0v) is 18.1. The summed E-state index contributed by atoms with van der Waals surface area (Å²) in [6, 6.07) is 16.9. The fraction of sp³-hybridized carbons (Fsp3) is 0.160. The SMILES string of the molecule is C=CCN(Cc1ccc(C#N)cc1)C(=O)/C=C/c1ccc(OCc2csc(C)n2)cc1. The van der Waals surface area contributed by atoms with Crippen molar-refractivity contribution < 1.29 is 9.53 Å². The molecule has 0 aliphatic carbocycles. The van der Waals surface area contributed by atoms with Crippen LogP contribution in [0.4, 0.5) is 0 Å². The summed E-state index contributed by atoms with van der Waals surface area (Å²) in [5.74, 6) is 0.645. The second-order valence-corrected chi connectivity index (χ2v) is 7.93. The molecule has 3 rings (SSSR count). The zero-order valence-electron chi connectivity index (χ0n) is 17.3. The second kappa shape index (κ2) is 10.9. The Morgan fingerprint density at radius 2 is 1.97 bits per heavy atom. The van der Waals surface area contributed by atoms with E-state index in [0.29, 0.717) is 25.3 Å². The first-order valence-corrected chi connectivity index (χ1v) is 10.7. The van der Waals surface area contributed by atoms with E-state index in [9.17, 15) is 4.79 Å². The third-order valence-corrected chi connectivity index (χ3v) is 5.29. The smallest absolute Gasteiger partial charge is 0.247 e. The molecule has 0 bridgehead atoms. The third kappa shape index (κ3) is 6.66. The quantitative estimate of drug-likeness (QED) is 0.349. The van der Waals surface area contributed by atoms with Crippen molar-refractivity contribution in [2.75, 3.05) is 6.54 Å². The molecule has 31 heavy (non-hydrogen) atoms. The molecule has 1 aromatic heterocycles. The lowest BCUT2D eigenvalue weighted by atomic mass is 10.1. The minimum atomic E-state index is -0.108. The van der Waals surface area contributed by atoms with Gasteiger partial charge in [0.25, 0.3) is 0 Å². The number of carbonyl (C=O) groups is 1. The Balaban J connectivity index is 1.58. The van der Waals surface area contributed by atoms with Gasteiger partial charge in [0, 0.05) is 24.5 Å². The molecule has 0 N–H and O–H groups in total. The number of thiazole rings is 1. The highest BCUT2D eigenvalue weighted by Crippen LogP contribution is 2.16. The van der Waals surface area contributed by atoms with Crippen LogP contribution in [-0.4, -0.2) is 22.3 Å².